The summed E-state index contributed by atoms with van der Waals surface area (Å²) in [5.41, 5.74) is 5.63. The van der Waals surface area contributed by atoms with Gasteiger partial charge >= 0.3 is 0 Å². The first-order valence-electron chi connectivity index (χ1n) is 8.80. The molecule has 126 valence electrons. The summed E-state index contributed by atoms with van der Waals surface area (Å²) < 4.78 is 0. The van der Waals surface area contributed by atoms with Gasteiger partial charge in [0.05, 0.1) is 11.1 Å². The zero-order valence-electron chi connectivity index (χ0n) is 14.0. The lowest BCUT2D eigenvalue weighted by molar-refractivity contribution is 0.711. The molecule has 0 radical (unpaired) electrons. The Hall–Kier alpha value is -2.32. The van der Waals surface area contributed by atoms with E-state index in [1.54, 1.807) is 0 Å². The summed E-state index contributed by atoms with van der Waals surface area (Å²) in [5, 5.41) is 3.62. The number of alkyl halides is 1. The molecule has 0 spiro atoms. The summed E-state index contributed by atoms with van der Waals surface area (Å²) in [6.07, 6.45) is 18.2. The van der Waals surface area contributed by atoms with Gasteiger partial charge in [0.25, 0.3) is 0 Å². The minimum atomic E-state index is -0.107. The summed E-state index contributed by atoms with van der Waals surface area (Å²) in [7, 11) is 0. The van der Waals surface area contributed by atoms with Gasteiger partial charge in [0.2, 0.25) is 0 Å². The van der Waals surface area contributed by atoms with Gasteiger partial charge in [-0.05, 0) is 42.0 Å². The molecule has 2 unspecified atom stereocenters. The fraction of sp³-hybridized carbons (Fsp3) is 0.227. The Bertz CT molecular complexity index is 825. The van der Waals surface area contributed by atoms with Crippen molar-refractivity contribution >= 4 is 23.0 Å². The summed E-state index contributed by atoms with van der Waals surface area (Å²) in [6, 6.07) is 10.4. The SMILES string of the molecule is ClC1C=C(C2N=C(C3=CCCC=C3)C=C(c3ccccc3)N2)C=CC1. The van der Waals surface area contributed by atoms with Crippen molar-refractivity contribution in [1.82, 2.24) is 5.32 Å². The molecule has 0 aromatic heterocycles. The first-order chi connectivity index (χ1) is 12.3. The number of hydrogen-bond acceptors (Lipinski definition) is 2. The zero-order chi connectivity index (χ0) is 17.1. The molecule has 25 heavy (non-hydrogen) atoms. The topological polar surface area (TPSA) is 24.4 Å². The van der Waals surface area contributed by atoms with Crippen molar-refractivity contribution in [3.63, 3.8) is 0 Å². The standard InChI is InChI=1S/C22H21ClN2/c23-19-13-7-12-18(14-19)22-24-20(16-8-3-1-4-9-16)15-21(25-22)17-10-5-2-6-11-17/h1,3-5,7-12,14-15,19,22,24H,2,6,13H2. The molecule has 0 bridgehead atoms. The highest BCUT2D eigenvalue weighted by Gasteiger charge is 2.22. The van der Waals surface area contributed by atoms with Crippen molar-refractivity contribution in [3.05, 3.63) is 89.6 Å². The molecule has 1 heterocycles. The molecule has 2 aliphatic carbocycles. The number of benzene rings is 1. The van der Waals surface area contributed by atoms with Crippen molar-refractivity contribution in [1.29, 1.82) is 0 Å². The second kappa shape index (κ2) is 7.28. The van der Waals surface area contributed by atoms with Crippen LogP contribution in [0.3, 0.4) is 0 Å². The summed E-state index contributed by atoms with van der Waals surface area (Å²) >= 11 is 6.33. The van der Waals surface area contributed by atoms with Gasteiger partial charge in [-0.1, -0.05) is 66.8 Å². The van der Waals surface area contributed by atoms with E-state index in [0.29, 0.717) is 0 Å². The van der Waals surface area contributed by atoms with Crippen LogP contribution in [0.15, 0.2) is 89.0 Å². The molecule has 0 fully saturated rings. The van der Waals surface area contributed by atoms with Crippen LogP contribution < -0.4 is 5.32 Å². The third kappa shape index (κ3) is 3.69. The normalized spacial score (nSPS) is 25.5. The van der Waals surface area contributed by atoms with Crippen molar-refractivity contribution in [2.24, 2.45) is 4.99 Å². The first-order valence-corrected chi connectivity index (χ1v) is 9.24. The molecular weight excluding hydrogens is 328 g/mol. The van der Waals surface area contributed by atoms with Crippen LogP contribution in [0.2, 0.25) is 0 Å². The van der Waals surface area contributed by atoms with Crippen molar-refractivity contribution in [3.8, 4) is 0 Å². The van der Waals surface area contributed by atoms with E-state index in [-0.39, 0.29) is 11.5 Å². The molecule has 2 atom stereocenters. The van der Waals surface area contributed by atoms with Crippen LogP contribution in [0.25, 0.3) is 5.70 Å². The van der Waals surface area contributed by atoms with Gasteiger partial charge in [0, 0.05) is 5.70 Å². The molecule has 1 aliphatic heterocycles. The molecule has 1 aromatic carbocycles. The Morgan fingerprint density at radius 2 is 1.92 bits per heavy atom. The lowest BCUT2D eigenvalue weighted by Crippen LogP contribution is -2.33. The highest BCUT2D eigenvalue weighted by molar-refractivity contribution is 6.22. The van der Waals surface area contributed by atoms with Crippen LogP contribution in [-0.4, -0.2) is 17.3 Å². The third-order valence-electron chi connectivity index (χ3n) is 4.58. The van der Waals surface area contributed by atoms with Gasteiger partial charge < -0.3 is 5.32 Å². The van der Waals surface area contributed by atoms with E-state index in [4.69, 9.17) is 16.6 Å². The Labute approximate surface area is 154 Å². The van der Waals surface area contributed by atoms with Gasteiger partial charge in [-0.25, -0.2) is 0 Å². The average Bonchev–Trinajstić information content (AvgIpc) is 2.69. The maximum Gasteiger partial charge on any atom is 0.145 e. The Morgan fingerprint density at radius 1 is 1.04 bits per heavy atom. The third-order valence-corrected chi connectivity index (χ3v) is 4.88. The smallest absolute Gasteiger partial charge is 0.145 e. The van der Waals surface area contributed by atoms with E-state index in [9.17, 15) is 0 Å². The van der Waals surface area contributed by atoms with Crippen molar-refractivity contribution < 1.29 is 0 Å². The maximum absolute atomic E-state index is 6.33. The maximum atomic E-state index is 6.33. The largest absolute Gasteiger partial charge is 0.360 e. The molecule has 0 amide bonds. The highest BCUT2D eigenvalue weighted by Crippen LogP contribution is 2.26. The van der Waals surface area contributed by atoms with Crippen molar-refractivity contribution in [2.75, 3.05) is 0 Å². The first kappa shape index (κ1) is 16.2. The van der Waals surface area contributed by atoms with Crippen LogP contribution >= 0.6 is 11.6 Å². The van der Waals surface area contributed by atoms with Crippen LogP contribution in [0.4, 0.5) is 0 Å². The number of hydrogen-bond donors (Lipinski definition) is 1. The van der Waals surface area contributed by atoms with Crippen LogP contribution in [-0.2, 0) is 0 Å². The number of aliphatic imine (C=N–C) groups is 1. The van der Waals surface area contributed by atoms with E-state index in [1.165, 1.54) is 11.1 Å². The Kier molecular flexibility index (Phi) is 4.71. The van der Waals surface area contributed by atoms with Gasteiger partial charge in [-0.2, -0.15) is 0 Å². The molecule has 4 rings (SSSR count). The lowest BCUT2D eigenvalue weighted by atomic mass is 9.97. The van der Waals surface area contributed by atoms with Gasteiger partial charge in [0.15, 0.2) is 0 Å². The predicted octanol–water partition coefficient (Wildman–Crippen LogP) is 5.17. The predicted molar refractivity (Wildman–Crippen MR) is 107 cm³/mol. The minimum absolute atomic E-state index is 0.0420. The monoisotopic (exact) mass is 348 g/mol. The number of nitrogens with one attached hydrogen (secondary N) is 1. The Balaban J connectivity index is 1.73. The van der Waals surface area contributed by atoms with Crippen LogP contribution in [0.5, 0.6) is 0 Å². The van der Waals surface area contributed by atoms with Gasteiger partial charge in [0.1, 0.15) is 6.17 Å². The number of allylic oxidation sites excluding steroid dienone is 7. The second-order valence-electron chi connectivity index (χ2n) is 6.45. The fourth-order valence-electron chi connectivity index (χ4n) is 3.29. The molecule has 2 nitrogen and oxygen atoms in total. The summed E-state index contributed by atoms with van der Waals surface area (Å²) in [5.74, 6) is 0. The summed E-state index contributed by atoms with van der Waals surface area (Å²) in [6.45, 7) is 0. The molecule has 1 aromatic rings. The van der Waals surface area contributed by atoms with E-state index < -0.39 is 0 Å². The van der Waals surface area contributed by atoms with Gasteiger partial charge in [-0.3, -0.25) is 4.99 Å². The van der Waals surface area contributed by atoms with E-state index in [0.717, 1.165) is 36.2 Å². The quantitative estimate of drug-likeness (QED) is 0.749. The molecule has 3 aliphatic rings. The van der Waals surface area contributed by atoms with Crippen LogP contribution in [0.1, 0.15) is 24.8 Å². The van der Waals surface area contributed by atoms with E-state index in [2.05, 4.69) is 72.1 Å². The van der Waals surface area contributed by atoms with E-state index >= 15 is 0 Å². The zero-order valence-corrected chi connectivity index (χ0v) is 14.8. The average molecular weight is 349 g/mol. The molecule has 3 heteroatoms. The molecule has 1 N–H and O–H groups in total. The summed E-state index contributed by atoms with van der Waals surface area (Å²) in [4.78, 5) is 4.97. The van der Waals surface area contributed by atoms with Gasteiger partial charge in [-0.15, -0.1) is 11.6 Å². The van der Waals surface area contributed by atoms with Crippen LogP contribution in [0, 0.1) is 0 Å². The lowest BCUT2D eigenvalue weighted by Gasteiger charge is -2.27. The molecule has 0 saturated carbocycles. The number of halogens is 1. The van der Waals surface area contributed by atoms with E-state index in [1.807, 2.05) is 6.07 Å². The highest BCUT2D eigenvalue weighted by atomic mass is 35.5. The number of nitrogens with zero attached hydrogens (tertiary/aromatic N) is 1. The second-order valence-corrected chi connectivity index (χ2v) is 7.01. The van der Waals surface area contributed by atoms with Crippen molar-refractivity contribution in [2.45, 2.75) is 30.8 Å². The fourth-order valence-corrected chi connectivity index (χ4v) is 3.53. The molecular formula is C22H21ClN2. The molecule has 0 saturated heterocycles. The number of rotatable bonds is 3. The Morgan fingerprint density at radius 3 is 2.68 bits per heavy atom. The minimum Gasteiger partial charge on any atom is -0.360 e.